The Morgan fingerprint density at radius 1 is 1.00 bits per heavy atom. The number of rotatable bonds is 4. The molecule has 0 heterocycles. The highest BCUT2D eigenvalue weighted by atomic mass is 14.9. The fourth-order valence-electron chi connectivity index (χ4n) is 1.00. The molecule has 0 saturated heterocycles. The van der Waals surface area contributed by atoms with Gasteiger partial charge in [0, 0.05) is 18.8 Å². The third-order valence-electron chi connectivity index (χ3n) is 1.76. The first kappa shape index (κ1) is 13.0. The van der Waals surface area contributed by atoms with Crippen molar-refractivity contribution in [2.45, 2.75) is 20.8 Å². The number of hydrogen-bond donors (Lipinski definition) is 2. The van der Waals surface area contributed by atoms with Gasteiger partial charge in [-0.2, -0.15) is 0 Å². The van der Waals surface area contributed by atoms with Crippen molar-refractivity contribution in [1.29, 1.82) is 0 Å². The van der Waals surface area contributed by atoms with Gasteiger partial charge in [0.25, 0.3) is 0 Å². The van der Waals surface area contributed by atoms with Gasteiger partial charge < -0.3 is 10.6 Å². The quantitative estimate of drug-likeness (QED) is 0.720. The summed E-state index contributed by atoms with van der Waals surface area (Å²) in [5, 5.41) is 6.40. The third-order valence-corrected chi connectivity index (χ3v) is 1.76. The molecule has 80 valence electrons. The molecule has 0 saturated carbocycles. The average molecular weight is 194 g/mol. The minimum absolute atomic E-state index is 0.972. The molecule has 0 spiro atoms. The van der Waals surface area contributed by atoms with Crippen molar-refractivity contribution >= 4 is 5.69 Å². The van der Waals surface area contributed by atoms with Gasteiger partial charge in [-0.25, -0.2) is 0 Å². The number of anilines is 1. The fraction of sp³-hybridized carbons (Fsp3) is 0.500. The van der Waals surface area contributed by atoms with E-state index in [9.17, 15) is 0 Å². The largest absolute Gasteiger partial charge is 0.384 e. The fourth-order valence-corrected chi connectivity index (χ4v) is 1.00. The van der Waals surface area contributed by atoms with Crippen LogP contribution in [0, 0.1) is 6.92 Å². The topological polar surface area (TPSA) is 24.1 Å². The van der Waals surface area contributed by atoms with E-state index in [1.807, 2.05) is 20.9 Å². The predicted molar refractivity (Wildman–Crippen MR) is 64.9 cm³/mol. The van der Waals surface area contributed by atoms with Crippen molar-refractivity contribution in [3.05, 3.63) is 29.8 Å². The minimum Gasteiger partial charge on any atom is -0.384 e. The van der Waals surface area contributed by atoms with Gasteiger partial charge in [-0.05, 0) is 26.1 Å². The molecular formula is C12H22N2. The average Bonchev–Trinajstić information content (AvgIpc) is 2.24. The standard InChI is InChI=1S/C10H16N2.C2H6/c1-9-3-5-10(6-4-9)12-8-7-11-2;1-2/h3-6,11-12H,7-8H2,1-2H3;1-2H3. The van der Waals surface area contributed by atoms with Crippen LogP contribution in [0.25, 0.3) is 0 Å². The van der Waals surface area contributed by atoms with Crippen molar-refractivity contribution in [3.63, 3.8) is 0 Å². The zero-order valence-electron chi connectivity index (χ0n) is 9.72. The molecule has 2 heteroatoms. The van der Waals surface area contributed by atoms with E-state index in [0.29, 0.717) is 0 Å². The second kappa shape index (κ2) is 8.57. The van der Waals surface area contributed by atoms with Crippen molar-refractivity contribution < 1.29 is 0 Å². The van der Waals surface area contributed by atoms with Gasteiger partial charge in [0.2, 0.25) is 0 Å². The Bertz CT molecular complexity index is 216. The van der Waals surface area contributed by atoms with Crippen LogP contribution in [0.4, 0.5) is 5.69 Å². The van der Waals surface area contributed by atoms with Gasteiger partial charge in [0.05, 0.1) is 0 Å². The maximum Gasteiger partial charge on any atom is 0.0340 e. The molecule has 0 aromatic heterocycles. The molecule has 0 amide bonds. The highest BCUT2D eigenvalue weighted by molar-refractivity contribution is 5.44. The molecule has 0 bridgehead atoms. The summed E-state index contributed by atoms with van der Waals surface area (Å²) < 4.78 is 0. The van der Waals surface area contributed by atoms with E-state index >= 15 is 0 Å². The maximum absolute atomic E-state index is 3.31. The van der Waals surface area contributed by atoms with E-state index in [4.69, 9.17) is 0 Å². The van der Waals surface area contributed by atoms with Crippen LogP contribution in [-0.4, -0.2) is 20.1 Å². The van der Waals surface area contributed by atoms with Crippen molar-refractivity contribution in [2.24, 2.45) is 0 Å². The van der Waals surface area contributed by atoms with Crippen LogP contribution in [0.2, 0.25) is 0 Å². The molecule has 1 aromatic carbocycles. The Hall–Kier alpha value is -1.02. The molecule has 0 fully saturated rings. The first-order valence-corrected chi connectivity index (χ1v) is 5.28. The molecule has 0 atom stereocenters. The van der Waals surface area contributed by atoms with Gasteiger partial charge in [-0.1, -0.05) is 31.5 Å². The zero-order valence-corrected chi connectivity index (χ0v) is 9.72. The van der Waals surface area contributed by atoms with Crippen LogP contribution in [0.3, 0.4) is 0 Å². The van der Waals surface area contributed by atoms with Gasteiger partial charge in [0.1, 0.15) is 0 Å². The second-order valence-electron chi connectivity index (χ2n) is 2.90. The van der Waals surface area contributed by atoms with E-state index in [0.717, 1.165) is 13.1 Å². The molecule has 2 N–H and O–H groups in total. The summed E-state index contributed by atoms with van der Waals surface area (Å²) in [7, 11) is 1.96. The lowest BCUT2D eigenvalue weighted by Crippen LogP contribution is -2.17. The minimum atomic E-state index is 0.972. The third kappa shape index (κ3) is 5.60. The molecule has 0 aliphatic rings. The second-order valence-corrected chi connectivity index (χ2v) is 2.90. The van der Waals surface area contributed by atoms with Crippen molar-refractivity contribution in [3.8, 4) is 0 Å². The molecule has 0 aliphatic heterocycles. The van der Waals surface area contributed by atoms with E-state index in [1.165, 1.54) is 11.3 Å². The zero-order chi connectivity index (χ0) is 10.8. The molecule has 1 aromatic rings. The van der Waals surface area contributed by atoms with Gasteiger partial charge in [-0.15, -0.1) is 0 Å². The number of hydrogen-bond acceptors (Lipinski definition) is 2. The predicted octanol–water partition coefficient (Wildman–Crippen LogP) is 2.65. The summed E-state index contributed by atoms with van der Waals surface area (Å²) >= 11 is 0. The first-order valence-electron chi connectivity index (χ1n) is 5.28. The van der Waals surface area contributed by atoms with Crippen molar-refractivity contribution in [2.75, 3.05) is 25.5 Å². The summed E-state index contributed by atoms with van der Waals surface area (Å²) in [6, 6.07) is 8.43. The highest BCUT2D eigenvalue weighted by Gasteiger charge is 1.88. The van der Waals surface area contributed by atoms with E-state index in [-0.39, 0.29) is 0 Å². The molecule has 14 heavy (non-hydrogen) atoms. The lowest BCUT2D eigenvalue weighted by Gasteiger charge is -2.05. The number of likely N-dealkylation sites (N-methyl/N-ethyl adjacent to an activating group) is 1. The summed E-state index contributed by atoms with van der Waals surface area (Å²) in [6.45, 7) is 8.06. The van der Waals surface area contributed by atoms with Gasteiger partial charge >= 0.3 is 0 Å². The van der Waals surface area contributed by atoms with E-state index < -0.39 is 0 Å². The molecule has 1 rings (SSSR count). The molecule has 0 unspecified atom stereocenters. The lowest BCUT2D eigenvalue weighted by atomic mass is 10.2. The van der Waals surface area contributed by atoms with E-state index in [1.54, 1.807) is 0 Å². The monoisotopic (exact) mass is 194 g/mol. The van der Waals surface area contributed by atoms with E-state index in [2.05, 4.69) is 41.8 Å². The SMILES string of the molecule is CC.CNCCNc1ccc(C)cc1. The van der Waals surface area contributed by atoms with Crippen LogP contribution in [-0.2, 0) is 0 Å². The maximum atomic E-state index is 3.31. The molecule has 0 radical (unpaired) electrons. The summed E-state index contributed by atoms with van der Waals surface area (Å²) in [6.07, 6.45) is 0. The number of nitrogens with one attached hydrogen (secondary N) is 2. The normalized spacial score (nSPS) is 8.86. The summed E-state index contributed by atoms with van der Waals surface area (Å²) in [5.41, 5.74) is 2.49. The Morgan fingerprint density at radius 2 is 1.57 bits per heavy atom. The Kier molecular flexibility index (Phi) is 7.95. The van der Waals surface area contributed by atoms with Crippen LogP contribution < -0.4 is 10.6 Å². The van der Waals surface area contributed by atoms with Gasteiger partial charge in [-0.3, -0.25) is 0 Å². The first-order chi connectivity index (χ1) is 6.83. The van der Waals surface area contributed by atoms with Gasteiger partial charge in [0.15, 0.2) is 0 Å². The molecule has 0 aliphatic carbocycles. The van der Waals surface area contributed by atoms with Crippen LogP contribution in [0.5, 0.6) is 0 Å². The summed E-state index contributed by atoms with van der Waals surface area (Å²) in [5.74, 6) is 0. The smallest absolute Gasteiger partial charge is 0.0340 e. The molecular weight excluding hydrogens is 172 g/mol. The Labute approximate surface area is 87.7 Å². The number of benzene rings is 1. The highest BCUT2D eigenvalue weighted by Crippen LogP contribution is 2.07. The Balaban J connectivity index is 0.000000791. The molecule has 2 nitrogen and oxygen atoms in total. The van der Waals surface area contributed by atoms with Crippen LogP contribution >= 0.6 is 0 Å². The summed E-state index contributed by atoms with van der Waals surface area (Å²) in [4.78, 5) is 0. The van der Waals surface area contributed by atoms with Crippen LogP contribution in [0.1, 0.15) is 19.4 Å². The lowest BCUT2D eigenvalue weighted by molar-refractivity contribution is 0.824. The Morgan fingerprint density at radius 3 is 2.07 bits per heavy atom. The van der Waals surface area contributed by atoms with Crippen molar-refractivity contribution in [1.82, 2.24) is 5.32 Å². The number of aryl methyl sites for hydroxylation is 1. The van der Waals surface area contributed by atoms with Crippen LogP contribution in [0.15, 0.2) is 24.3 Å².